The quantitative estimate of drug-likeness (QED) is 0.0321. The van der Waals surface area contributed by atoms with Crippen LogP contribution in [-0.4, -0.2) is 47.4 Å². The second-order valence-electron chi connectivity index (χ2n) is 20.0. The van der Waals surface area contributed by atoms with Crippen LogP contribution in [0, 0.1) is 0 Å². The van der Waals surface area contributed by atoms with Crippen LogP contribution >= 0.6 is 0 Å². The van der Waals surface area contributed by atoms with Crippen molar-refractivity contribution in [2.75, 3.05) is 13.2 Å². The number of carbonyl (C=O) groups is 2. The summed E-state index contributed by atoms with van der Waals surface area (Å²) in [5.41, 5.74) is 0. The van der Waals surface area contributed by atoms with Crippen molar-refractivity contribution < 1.29 is 24.5 Å². The van der Waals surface area contributed by atoms with Gasteiger partial charge in [-0.25, -0.2) is 0 Å². The first kappa shape index (κ1) is 62.6. The fourth-order valence-corrected chi connectivity index (χ4v) is 9.12. The van der Waals surface area contributed by atoms with Crippen LogP contribution in [0.2, 0.25) is 0 Å². The predicted octanol–water partition coefficient (Wildman–Crippen LogP) is 17.7. The van der Waals surface area contributed by atoms with Gasteiger partial charge in [-0.15, -0.1) is 0 Å². The van der Waals surface area contributed by atoms with Crippen molar-refractivity contribution in [1.82, 2.24) is 5.32 Å². The van der Waals surface area contributed by atoms with E-state index in [0.717, 1.165) is 70.6 Å². The number of aliphatic hydroxyl groups is 2. The highest BCUT2D eigenvalue weighted by Gasteiger charge is 2.20. The summed E-state index contributed by atoms with van der Waals surface area (Å²) in [7, 11) is 0. The van der Waals surface area contributed by atoms with Gasteiger partial charge < -0.3 is 20.3 Å². The van der Waals surface area contributed by atoms with Gasteiger partial charge in [0.1, 0.15) is 0 Å². The highest BCUT2D eigenvalue weighted by Crippen LogP contribution is 2.18. The van der Waals surface area contributed by atoms with Crippen molar-refractivity contribution in [2.45, 2.75) is 334 Å². The first-order valence-electron chi connectivity index (χ1n) is 28.9. The summed E-state index contributed by atoms with van der Waals surface area (Å²) in [6.07, 6.45) is 63.6. The van der Waals surface area contributed by atoms with E-state index in [-0.39, 0.29) is 18.5 Å². The molecule has 6 nitrogen and oxygen atoms in total. The van der Waals surface area contributed by atoms with Crippen LogP contribution in [0.4, 0.5) is 0 Å². The minimum absolute atomic E-state index is 0.0322. The molecule has 0 radical (unpaired) electrons. The van der Waals surface area contributed by atoms with Gasteiger partial charge in [-0.2, -0.15) is 0 Å². The molecule has 0 bridgehead atoms. The molecule has 0 aromatic carbocycles. The number of carbonyl (C=O) groups excluding carboxylic acids is 2. The average Bonchev–Trinajstić information content (AvgIpc) is 3.29. The van der Waals surface area contributed by atoms with Crippen LogP contribution in [-0.2, 0) is 14.3 Å². The highest BCUT2D eigenvalue weighted by molar-refractivity contribution is 5.76. The van der Waals surface area contributed by atoms with Crippen LogP contribution < -0.4 is 5.32 Å². The van der Waals surface area contributed by atoms with Gasteiger partial charge in [-0.1, -0.05) is 276 Å². The molecule has 0 aromatic rings. The number of unbranched alkanes of at least 4 members (excludes halogenated alkanes) is 41. The molecular formula is C58H113NO5. The van der Waals surface area contributed by atoms with Crippen molar-refractivity contribution in [3.8, 4) is 0 Å². The molecule has 1 amide bonds. The number of aliphatic hydroxyl groups excluding tert-OH is 2. The van der Waals surface area contributed by atoms with Crippen molar-refractivity contribution >= 4 is 11.9 Å². The van der Waals surface area contributed by atoms with Crippen LogP contribution in [0.25, 0.3) is 0 Å². The molecule has 0 saturated carbocycles. The Morgan fingerprint density at radius 1 is 0.422 bits per heavy atom. The van der Waals surface area contributed by atoms with Crippen molar-refractivity contribution in [2.24, 2.45) is 0 Å². The van der Waals surface area contributed by atoms with E-state index in [1.807, 2.05) is 0 Å². The van der Waals surface area contributed by atoms with Crippen molar-refractivity contribution in [3.05, 3.63) is 12.2 Å². The molecule has 2 atom stereocenters. The van der Waals surface area contributed by atoms with E-state index >= 15 is 0 Å². The Bertz CT molecular complexity index is 955. The average molecular weight is 905 g/mol. The van der Waals surface area contributed by atoms with Gasteiger partial charge in [0.05, 0.1) is 25.4 Å². The Labute approximate surface area is 399 Å². The van der Waals surface area contributed by atoms with E-state index in [1.54, 1.807) is 0 Å². The summed E-state index contributed by atoms with van der Waals surface area (Å²) < 4.78 is 5.45. The molecule has 2 unspecified atom stereocenters. The molecule has 6 heteroatoms. The second-order valence-corrected chi connectivity index (χ2v) is 20.0. The van der Waals surface area contributed by atoms with Gasteiger partial charge in [0.2, 0.25) is 5.91 Å². The van der Waals surface area contributed by atoms with E-state index in [9.17, 15) is 19.8 Å². The first-order valence-corrected chi connectivity index (χ1v) is 28.9. The number of nitrogens with one attached hydrogen (secondary N) is 1. The SMILES string of the molecule is CCCCCCCCCCCCCCCCCCCCCCCCCCC(O)C(CO)NC(=O)CCC/C=C\CCCCCCOC(=O)CCCCCCCCCCCCCCCC. The van der Waals surface area contributed by atoms with Gasteiger partial charge in [0.15, 0.2) is 0 Å². The van der Waals surface area contributed by atoms with E-state index in [2.05, 4.69) is 31.3 Å². The minimum Gasteiger partial charge on any atom is -0.466 e. The maximum absolute atomic E-state index is 12.5. The molecule has 0 aromatic heterocycles. The number of hydrogen-bond acceptors (Lipinski definition) is 5. The number of esters is 1. The zero-order chi connectivity index (χ0) is 46.5. The van der Waals surface area contributed by atoms with Gasteiger partial charge in [-0.05, 0) is 44.9 Å². The molecule has 0 heterocycles. The molecule has 3 N–H and O–H groups in total. The summed E-state index contributed by atoms with van der Waals surface area (Å²) >= 11 is 0. The van der Waals surface area contributed by atoms with Gasteiger partial charge >= 0.3 is 5.97 Å². The number of hydrogen-bond donors (Lipinski definition) is 3. The topological polar surface area (TPSA) is 95.9 Å². The third-order valence-electron chi connectivity index (χ3n) is 13.6. The summed E-state index contributed by atoms with van der Waals surface area (Å²) in [6.45, 7) is 4.89. The van der Waals surface area contributed by atoms with E-state index < -0.39 is 12.1 Å². The smallest absolute Gasteiger partial charge is 0.305 e. The summed E-state index contributed by atoms with van der Waals surface area (Å²) in [6, 6.07) is -0.579. The predicted molar refractivity (Wildman–Crippen MR) is 278 cm³/mol. The largest absolute Gasteiger partial charge is 0.466 e. The number of amides is 1. The third kappa shape index (κ3) is 50.0. The second kappa shape index (κ2) is 54.2. The lowest BCUT2D eigenvalue weighted by molar-refractivity contribution is -0.143. The molecule has 0 saturated heterocycles. The number of ether oxygens (including phenoxy) is 1. The summed E-state index contributed by atoms with van der Waals surface area (Å²) in [4.78, 5) is 24.5. The van der Waals surface area contributed by atoms with Gasteiger partial charge in [0, 0.05) is 12.8 Å². The lowest BCUT2D eigenvalue weighted by Crippen LogP contribution is -2.45. The molecular weight excluding hydrogens is 791 g/mol. The Kier molecular flexibility index (Phi) is 53.0. The molecule has 0 aliphatic heterocycles. The molecule has 0 fully saturated rings. The summed E-state index contributed by atoms with van der Waals surface area (Å²) in [5.74, 6) is -0.123. The molecule has 0 aliphatic carbocycles. The maximum atomic E-state index is 12.5. The molecule has 380 valence electrons. The Morgan fingerprint density at radius 3 is 1.14 bits per heavy atom. The zero-order valence-corrected chi connectivity index (χ0v) is 43.3. The fraction of sp³-hybridized carbons (Fsp3) is 0.931. The van der Waals surface area contributed by atoms with Crippen LogP contribution in [0.3, 0.4) is 0 Å². The zero-order valence-electron chi connectivity index (χ0n) is 43.3. The first-order chi connectivity index (χ1) is 31.5. The monoisotopic (exact) mass is 904 g/mol. The summed E-state index contributed by atoms with van der Waals surface area (Å²) in [5, 5.41) is 23.3. The van der Waals surface area contributed by atoms with E-state index in [4.69, 9.17) is 4.74 Å². The molecule has 64 heavy (non-hydrogen) atoms. The highest BCUT2D eigenvalue weighted by atomic mass is 16.5. The Hall–Kier alpha value is -1.40. The molecule has 0 spiro atoms. The maximum Gasteiger partial charge on any atom is 0.305 e. The normalized spacial score (nSPS) is 12.6. The van der Waals surface area contributed by atoms with Crippen molar-refractivity contribution in [1.29, 1.82) is 0 Å². The minimum atomic E-state index is -0.695. The lowest BCUT2D eigenvalue weighted by Gasteiger charge is -2.22. The van der Waals surface area contributed by atoms with Crippen LogP contribution in [0.1, 0.15) is 322 Å². The van der Waals surface area contributed by atoms with Crippen molar-refractivity contribution in [3.63, 3.8) is 0 Å². The fourth-order valence-electron chi connectivity index (χ4n) is 9.12. The third-order valence-corrected chi connectivity index (χ3v) is 13.6. The number of allylic oxidation sites excluding steroid dienone is 2. The Morgan fingerprint density at radius 2 is 0.750 bits per heavy atom. The van der Waals surface area contributed by atoms with E-state index in [0.29, 0.717) is 25.9 Å². The number of rotatable bonds is 54. The lowest BCUT2D eigenvalue weighted by atomic mass is 10.0. The standard InChI is InChI=1S/C58H113NO5/c1-3-5-7-9-11-13-15-17-19-20-21-22-23-24-25-26-27-28-29-31-34-38-42-46-50-56(61)55(54-60)59-57(62)51-47-43-39-35-33-37-41-45-49-53-64-58(63)52-48-44-40-36-32-30-18-16-14-12-10-8-6-4-2/h35,39,55-56,60-61H,3-34,36-38,40-54H2,1-2H3,(H,59,62)/b39-35-. The molecule has 0 aliphatic rings. The van der Waals surface area contributed by atoms with Crippen LogP contribution in [0.5, 0.6) is 0 Å². The van der Waals surface area contributed by atoms with Crippen LogP contribution in [0.15, 0.2) is 12.2 Å². The molecule has 0 rings (SSSR count). The van der Waals surface area contributed by atoms with Gasteiger partial charge in [0.25, 0.3) is 0 Å². The van der Waals surface area contributed by atoms with Gasteiger partial charge in [-0.3, -0.25) is 9.59 Å². The van der Waals surface area contributed by atoms with E-state index in [1.165, 1.54) is 218 Å². The Balaban J connectivity index is 3.50.